The van der Waals surface area contributed by atoms with Gasteiger partial charge in [-0.1, -0.05) is 31.9 Å². The zero-order valence-corrected chi connectivity index (χ0v) is 18.4. The van der Waals surface area contributed by atoms with Crippen LogP contribution in [0.5, 0.6) is 17.2 Å². The lowest BCUT2D eigenvalue weighted by atomic mass is 10.0. The Balaban J connectivity index is 1.58. The van der Waals surface area contributed by atoms with Gasteiger partial charge in [-0.3, -0.25) is 4.79 Å². The summed E-state index contributed by atoms with van der Waals surface area (Å²) in [6.45, 7) is 3.48. The normalized spacial score (nSPS) is 17.3. The lowest BCUT2D eigenvalue weighted by molar-refractivity contribution is 0.0796. The molecule has 0 bridgehead atoms. The van der Waals surface area contributed by atoms with Gasteiger partial charge in [0.2, 0.25) is 0 Å². The van der Waals surface area contributed by atoms with E-state index >= 15 is 0 Å². The first-order valence-electron chi connectivity index (χ1n) is 10.9. The van der Waals surface area contributed by atoms with Crippen LogP contribution in [-0.2, 0) is 0 Å². The number of nitrogens with zero attached hydrogens (tertiary/aromatic N) is 1. The lowest BCUT2D eigenvalue weighted by Crippen LogP contribution is -2.34. The van der Waals surface area contributed by atoms with E-state index in [-0.39, 0.29) is 11.9 Å². The number of unbranched alkanes of at least 4 members (excludes halogenated alkanes) is 2. The largest absolute Gasteiger partial charge is 0.497 e. The fourth-order valence-electron chi connectivity index (χ4n) is 4.13. The van der Waals surface area contributed by atoms with Gasteiger partial charge in [-0.2, -0.15) is 0 Å². The Morgan fingerprint density at radius 3 is 2.58 bits per heavy atom. The van der Waals surface area contributed by atoms with Crippen LogP contribution in [0.2, 0.25) is 0 Å². The molecule has 0 fully saturated rings. The van der Waals surface area contributed by atoms with Crippen molar-refractivity contribution < 1.29 is 19.0 Å². The number of methoxy groups -OCH3 is 2. The van der Waals surface area contributed by atoms with Crippen molar-refractivity contribution in [2.75, 3.05) is 32.7 Å². The second-order valence-corrected chi connectivity index (χ2v) is 7.94. The molecule has 2 aromatic carbocycles. The van der Waals surface area contributed by atoms with E-state index in [2.05, 4.69) is 12.2 Å². The molecule has 6 nitrogen and oxygen atoms in total. The van der Waals surface area contributed by atoms with E-state index < -0.39 is 0 Å². The summed E-state index contributed by atoms with van der Waals surface area (Å²) in [5, 5.41) is 3.46. The predicted molar refractivity (Wildman–Crippen MR) is 122 cm³/mol. The Morgan fingerprint density at radius 2 is 1.87 bits per heavy atom. The number of carbonyl (C=O) groups is 1. The Morgan fingerprint density at radius 1 is 1.06 bits per heavy atom. The minimum atomic E-state index is -0.0238. The first-order valence-corrected chi connectivity index (χ1v) is 10.9. The Hall–Kier alpha value is -3.15. The van der Waals surface area contributed by atoms with E-state index in [1.54, 1.807) is 20.3 Å². The third-order valence-corrected chi connectivity index (χ3v) is 5.91. The third-order valence-electron chi connectivity index (χ3n) is 5.91. The molecule has 1 amide bonds. The molecular weight excluding hydrogens is 392 g/mol. The SMILES string of the molecule is CCCCCOc1cc2c(cc1OC)C(=O)N1C=C(c3ccc(OC)cc3)C[C@H]1CN2. The van der Waals surface area contributed by atoms with Crippen molar-refractivity contribution in [2.24, 2.45) is 0 Å². The summed E-state index contributed by atoms with van der Waals surface area (Å²) in [4.78, 5) is 15.2. The van der Waals surface area contributed by atoms with Crippen molar-refractivity contribution in [3.63, 3.8) is 0 Å². The average molecular weight is 423 g/mol. The molecule has 0 saturated carbocycles. The zero-order valence-electron chi connectivity index (χ0n) is 18.4. The zero-order chi connectivity index (χ0) is 21.8. The summed E-state index contributed by atoms with van der Waals surface area (Å²) >= 11 is 0. The van der Waals surface area contributed by atoms with Crippen molar-refractivity contribution in [3.05, 3.63) is 53.7 Å². The van der Waals surface area contributed by atoms with Gasteiger partial charge in [-0.25, -0.2) is 0 Å². The van der Waals surface area contributed by atoms with E-state index in [9.17, 15) is 4.79 Å². The van der Waals surface area contributed by atoms with E-state index in [1.165, 1.54) is 0 Å². The second-order valence-electron chi connectivity index (χ2n) is 7.94. The maximum atomic E-state index is 13.4. The molecule has 2 aromatic rings. The molecule has 2 aliphatic heterocycles. The molecule has 0 aliphatic carbocycles. The van der Waals surface area contributed by atoms with Crippen molar-refractivity contribution in [1.29, 1.82) is 0 Å². The van der Waals surface area contributed by atoms with Crippen LogP contribution in [0, 0.1) is 0 Å². The summed E-state index contributed by atoms with van der Waals surface area (Å²) in [6.07, 6.45) is 6.05. The molecule has 31 heavy (non-hydrogen) atoms. The molecule has 0 spiro atoms. The quantitative estimate of drug-likeness (QED) is 0.610. The number of fused-ring (bicyclic) bond motifs is 2. The van der Waals surface area contributed by atoms with Crippen LogP contribution in [0.3, 0.4) is 0 Å². The second kappa shape index (κ2) is 9.33. The van der Waals surface area contributed by atoms with Gasteiger partial charge < -0.3 is 24.4 Å². The molecule has 0 saturated heterocycles. The first-order chi connectivity index (χ1) is 15.1. The highest BCUT2D eigenvalue weighted by Crippen LogP contribution is 2.39. The van der Waals surface area contributed by atoms with Gasteiger partial charge in [0.15, 0.2) is 11.5 Å². The summed E-state index contributed by atoms with van der Waals surface area (Å²) in [7, 11) is 3.26. The highest BCUT2D eigenvalue weighted by Gasteiger charge is 2.34. The van der Waals surface area contributed by atoms with E-state index in [0.717, 1.165) is 48.3 Å². The monoisotopic (exact) mass is 422 g/mol. The number of nitrogens with one attached hydrogen (secondary N) is 1. The fourth-order valence-corrected chi connectivity index (χ4v) is 4.13. The van der Waals surface area contributed by atoms with Gasteiger partial charge in [0.1, 0.15) is 5.75 Å². The van der Waals surface area contributed by atoms with Gasteiger partial charge >= 0.3 is 0 Å². The number of carbonyl (C=O) groups excluding carboxylic acids is 1. The Labute approximate surface area is 183 Å². The van der Waals surface area contributed by atoms with Gasteiger partial charge in [-0.15, -0.1) is 0 Å². The summed E-state index contributed by atoms with van der Waals surface area (Å²) in [5.41, 5.74) is 3.65. The number of hydrogen-bond donors (Lipinski definition) is 1. The smallest absolute Gasteiger partial charge is 0.260 e. The molecule has 0 aromatic heterocycles. The molecule has 0 unspecified atom stereocenters. The first kappa shape index (κ1) is 21.1. The van der Waals surface area contributed by atoms with E-state index in [1.807, 2.05) is 41.4 Å². The summed E-state index contributed by atoms with van der Waals surface area (Å²) < 4.78 is 16.7. The molecule has 2 heterocycles. The lowest BCUT2D eigenvalue weighted by Gasteiger charge is -2.20. The van der Waals surface area contributed by atoms with Crippen LogP contribution >= 0.6 is 0 Å². The highest BCUT2D eigenvalue weighted by molar-refractivity contribution is 6.03. The minimum Gasteiger partial charge on any atom is -0.497 e. The minimum absolute atomic E-state index is 0.0238. The van der Waals surface area contributed by atoms with E-state index in [0.29, 0.717) is 30.2 Å². The van der Waals surface area contributed by atoms with Crippen LogP contribution in [0.15, 0.2) is 42.6 Å². The van der Waals surface area contributed by atoms with Crippen molar-refractivity contribution >= 4 is 17.2 Å². The number of rotatable bonds is 8. The number of anilines is 1. The fraction of sp³-hybridized carbons (Fsp3) is 0.400. The van der Waals surface area contributed by atoms with Gasteiger partial charge in [0.25, 0.3) is 5.91 Å². The van der Waals surface area contributed by atoms with Gasteiger partial charge in [0.05, 0.1) is 38.1 Å². The molecule has 6 heteroatoms. The van der Waals surface area contributed by atoms with Gasteiger partial charge in [-0.05, 0) is 42.2 Å². The topological polar surface area (TPSA) is 60.0 Å². The molecule has 164 valence electrons. The number of hydrogen-bond acceptors (Lipinski definition) is 5. The van der Waals surface area contributed by atoms with Crippen molar-refractivity contribution in [1.82, 2.24) is 4.90 Å². The van der Waals surface area contributed by atoms with Crippen LogP contribution in [0.25, 0.3) is 5.57 Å². The standard InChI is InChI=1S/C25H30N2O4/c1-4-5-6-11-31-24-14-22-21(13-23(24)30-3)25(28)27-16-18(12-19(27)15-26-22)17-7-9-20(29-2)10-8-17/h7-10,13-14,16,19,26H,4-6,11-12,15H2,1-3H3/t19-/m0/s1. The molecule has 1 N–H and O–H groups in total. The molecule has 1 atom stereocenters. The molecule has 2 aliphatic rings. The third kappa shape index (κ3) is 4.33. The summed E-state index contributed by atoms with van der Waals surface area (Å²) in [5.74, 6) is 2.06. The van der Waals surface area contributed by atoms with Crippen LogP contribution in [0.4, 0.5) is 5.69 Å². The maximum Gasteiger partial charge on any atom is 0.260 e. The Kier molecular flexibility index (Phi) is 6.35. The summed E-state index contributed by atoms with van der Waals surface area (Å²) in [6, 6.07) is 11.7. The van der Waals surface area contributed by atoms with Gasteiger partial charge in [0, 0.05) is 18.8 Å². The maximum absolute atomic E-state index is 13.4. The average Bonchev–Trinajstić information content (AvgIpc) is 3.19. The number of amides is 1. The van der Waals surface area contributed by atoms with Crippen molar-refractivity contribution in [2.45, 2.75) is 38.6 Å². The van der Waals surface area contributed by atoms with Crippen LogP contribution < -0.4 is 19.5 Å². The van der Waals surface area contributed by atoms with Crippen molar-refractivity contribution in [3.8, 4) is 17.2 Å². The van der Waals surface area contributed by atoms with Crippen LogP contribution in [-0.4, -0.2) is 44.2 Å². The molecule has 0 radical (unpaired) electrons. The Bertz CT molecular complexity index is 968. The highest BCUT2D eigenvalue weighted by atomic mass is 16.5. The number of benzene rings is 2. The van der Waals surface area contributed by atoms with Crippen LogP contribution in [0.1, 0.15) is 48.5 Å². The molecule has 4 rings (SSSR count). The van der Waals surface area contributed by atoms with E-state index in [4.69, 9.17) is 14.2 Å². The number of ether oxygens (including phenoxy) is 3. The molecular formula is C25H30N2O4. The predicted octanol–water partition coefficient (Wildman–Crippen LogP) is 4.95.